The number of hydrogen-bond acceptors (Lipinski definition) is 2. The molecule has 1 saturated heterocycles. The molecule has 0 atom stereocenters. The number of hydrogen-bond donors (Lipinski definition) is 0. The molecule has 1 aromatic carbocycles. The maximum atomic E-state index is 12.8. The van der Waals surface area contributed by atoms with Gasteiger partial charge in [-0.2, -0.15) is 0 Å². The van der Waals surface area contributed by atoms with Crippen molar-refractivity contribution in [3.05, 3.63) is 57.9 Å². The van der Waals surface area contributed by atoms with Crippen molar-refractivity contribution in [3.63, 3.8) is 0 Å². The van der Waals surface area contributed by atoms with Crippen LogP contribution in [0.3, 0.4) is 0 Å². The summed E-state index contributed by atoms with van der Waals surface area (Å²) >= 11 is 0. The van der Waals surface area contributed by atoms with E-state index in [1.807, 2.05) is 48.9 Å². The van der Waals surface area contributed by atoms with E-state index in [-0.39, 0.29) is 11.8 Å². The quantitative estimate of drug-likeness (QED) is 0.837. The molecule has 2 amide bonds. The average molecular weight is 367 g/mol. The van der Waals surface area contributed by atoms with Crippen molar-refractivity contribution in [2.45, 2.75) is 34.1 Å². The average Bonchev–Trinajstić information content (AvgIpc) is 2.88. The first-order valence-electron chi connectivity index (χ1n) is 9.54. The van der Waals surface area contributed by atoms with Gasteiger partial charge in [0.05, 0.1) is 6.42 Å². The predicted molar refractivity (Wildman–Crippen MR) is 107 cm³/mol. The molecule has 27 heavy (non-hydrogen) atoms. The van der Waals surface area contributed by atoms with Gasteiger partial charge >= 0.3 is 0 Å². The fourth-order valence-corrected chi connectivity index (χ4v) is 3.77. The molecule has 0 unspecified atom stereocenters. The Morgan fingerprint density at radius 2 is 1.56 bits per heavy atom. The van der Waals surface area contributed by atoms with Crippen LogP contribution in [0.15, 0.2) is 24.3 Å². The van der Waals surface area contributed by atoms with E-state index in [4.69, 9.17) is 0 Å². The van der Waals surface area contributed by atoms with Gasteiger partial charge in [0, 0.05) is 50.2 Å². The van der Waals surface area contributed by atoms with Crippen LogP contribution in [-0.4, -0.2) is 52.4 Å². The van der Waals surface area contributed by atoms with Gasteiger partial charge in [0.1, 0.15) is 0 Å². The molecule has 1 fully saturated rings. The van der Waals surface area contributed by atoms with Crippen molar-refractivity contribution in [1.29, 1.82) is 0 Å². The molecule has 1 aromatic heterocycles. The minimum absolute atomic E-state index is 0.0640. The molecule has 0 bridgehead atoms. The Labute approximate surface area is 161 Å². The van der Waals surface area contributed by atoms with Gasteiger partial charge in [-0.15, -0.1) is 0 Å². The summed E-state index contributed by atoms with van der Waals surface area (Å²) in [5.74, 6) is 0.205. The van der Waals surface area contributed by atoms with Crippen LogP contribution in [0.25, 0.3) is 0 Å². The predicted octanol–water partition coefficient (Wildman–Crippen LogP) is 2.79. The fourth-order valence-electron chi connectivity index (χ4n) is 3.77. The van der Waals surface area contributed by atoms with Crippen LogP contribution in [0.1, 0.15) is 38.4 Å². The standard InChI is InChI=1S/C22H29N3O2/c1-15-6-7-20(16(2)12-15)22(27)25-10-8-24(9-11-25)21(26)14-19-13-17(3)23(5)18(19)4/h6-7,12-13H,8-11,14H2,1-5H3. The second kappa shape index (κ2) is 7.59. The molecule has 1 aliphatic rings. The van der Waals surface area contributed by atoms with Crippen molar-refractivity contribution in [3.8, 4) is 0 Å². The van der Waals surface area contributed by atoms with Gasteiger partial charge in [-0.3, -0.25) is 9.59 Å². The molecule has 5 heteroatoms. The number of rotatable bonds is 3. The topological polar surface area (TPSA) is 45.6 Å². The molecule has 0 saturated carbocycles. The van der Waals surface area contributed by atoms with E-state index >= 15 is 0 Å². The minimum atomic E-state index is 0.0640. The fraction of sp³-hybridized carbons (Fsp3) is 0.455. The van der Waals surface area contributed by atoms with Gasteiger partial charge in [0.25, 0.3) is 5.91 Å². The smallest absolute Gasteiger partial charge is 0.254 e. The van der Waals surface area contributed by atoms with Gasteiger partial charge in [0.15, 0.2) is 0 Å². The van der Waals surface area contributed by atoms with E-state index in [1.54, 1.807) is 0 Å². The third kappa shape index (κ3) is 3.92. The summed E-state index contributed by atoms with van der Waals surface area (Å²) in [6.45, 7) is 10.5. The Bertz CT molecular complexity index is 874. The molecular weight excluding hydrogens is 338 g/mol. The zero-order valence-electron chi connectivity index (χ0n) is 17.0. The lowest BCUT2D eigenvalue weighted by atomic mass is 10.0. The Balaban J connectivity index is 1.60. The summed E-state index contributed by atoms with van der Waals surface area (Å²) in [7, 11) is 2.02. The van der Waals surface area contributed by atoms with Crippen molar-refractivity contribution in [2.75, 3.05) is 26.2 Å². The number of nitrogens with zero attached hydrogens (tertiary/aromatic N) is 3. The summed E-state index contributed by atoms with van der Waals surface area (Å²) in [5.41, 5.74) is 6.33. The van der Waals surface area contributed by atoms with Crippen LogP contribution in [0.2, 0.25) is 0 Å². The second-order valence-corrected chi connectivity index (χ2v) is 7.62. The maximum absolute atomic E-state index is 12.8. The number of carbonyl (C=O) groups excluding carboxylic acids is 2. The van der Waals surface area contributed by atoms with E-state index in [1.165, 1.54) is 5.69 Å². The molecule has 2 aromatic rings. The number of benzene rings is 1. The Kier molecular flexibility index (Phi) is 5.40. The highest BCUT2D eigenvalue weighted by Crippen LogP contribution is 2.17. The van der Waals surface area contributed by atoms with Crippen LogP contribution in [0.5, 0.6) is 0 Å². The van der Waals surface area contributed by atoms with Gasteiger partial charge in [0.2, 0.25) is 5.91 Å². The van der Waals surface area contributed by atoms with Crippen LogP contribution < -0.4 is 0 Å². The maximum Gasteiger partial charge on any atom is 0.254 e. The normalized spacial score (nSPS) is 14.6. The molecule has 0 aliphatic carbocycles. The van der Waals surface area contributed by atoms with E-state index in [2.05, 4.69) is 24.5 Å². The second-order valence-electron chi connectivity index (χ2n) is 7.62. The van der Waals surface area contributed by atoms with Crippen molar-refractivity contribution in [1.82, 2.24) is 14.4 Å². The van der Waals surface area contributed by atoms with Crippen molar-refractivity contribution >= 4 is 11.8 Å². The molecule has 5 nitrogen and oxygen atoms in total. The summed E-state index contributed by atoms with van der Waals surface area (Å²) in [5, 5.41) is 0. The van der Waals surface area contributed by atoms with Gasteiger partial charge in [-0.1, -0.05) is 17.7 Å². The van der Waals surface area contributed by atoms with E-state index < -0.39 is 0 Å². The Morgan fingerprint density at radius 3 is 2.11 bits per heavy atom. The highest BCUT2D eigenvalue weighted by molar-refractivity contribution is 5.96. The summed E-state index contributed by atoms with van der Waals surface area (Å²) in [6.07, 6.45) is 0.429. The minimum Gasteiger partial charge on any atom is -0.352 e. The first kappa shape index (κ1) is 19.2. The first-order valence-corrected chi connectivity index (χ1v) is 9.54. The van der Waals surface area contributed by atoms with Crippen LogP contribution >= 0.6 is 0 Å². The lowest BCUT2D eigenvalue weighted by molar-refractivity contribution is -0.131. The molecule has 1 aliphatic heterocycles. The molecule has 2 heterocycles. The monoisotopic (exact) mass is 367 g/mol. The summed E-state index contributed by atoms with van der Waals surface area (Å²) in [6, 6.07) is 8.01. The van der Waals surface area contributed by atoms with Gasteiger partial charge in [-0.25, -0.2) is 0 Å². The number of aromatic nitrogens is 1. The Morgan fingerprint density at radius 1 is 0.926 bits per heavy atom. The molecule has 144 valence electrons. The molecule has 0 spiro atoms. The van der Waals surface area contributed by atoms with Crippen molar-refractivity contribution < 1.29 is 9.59 Å². The summed E-state index contributed by atoms with van der Waals surface area (Å²) < 4.78 is 2.11. The SMILES string of the molecule is Cc1ccc(C(=O)N2CCN(C(=O)Cc3cc(C)n(C)c3C)CC2)c(C)c1. The zero-order chi connectivity index (χ0) is 19.7. The van der Waals surface area contributed by atoms with Crippen LogP contribution in [0, 0.1) is 27.7 Å². The zero-order valence-corrected chi connectivity index (χ0v) is 17.0. The molecule has 0 radical (unpaired) electrons. The van der Waals surface area contributed by atoms with E-state index in [0.717, 1.165) is 27.9 Å². The van der Waals surface area contributed by atoms with E-state index in [9.17, 15) is 9.59 Å². The lowest BCUT2D eigenvalue weighted by Crippen LogP contribution is -2.51. The van der Waals surface area contributed by atoms with Gasteiger partial charge in [-0.05, 0) is 51.0 Å². The van der Waals surface area contributed by atoms with Gasteiger partial charge < -0.3 is 14.4 Å². The largest absolute Gasteiger partial charge is 0.352 e. The lowest BCUT2D eigenvalue weighted by Gasteiger charge is -2.35. The molecule has 3 rings (SSSR count). The summed E-state index contributed by atoms with van der Waals surface area (Å²) in [4.78, 5) is 29.2. The van der Waals surface area contributed by atoms with Crippen LogP contribution in [-0.2, 0) is 18.3 Å². The first-order chi connectivity index (χ1) is 12.8. The number of carbonyl (C=O) groups is 2. The Hall–Kier alpha value is -2.56. The highest BCUT2D eigenvalue weighted by Gasteiger charge is 2.26. The third-order valence-electron chi connectivity index (χ3n) is 5.75. The number of amides is 2. The highest BCUT2D eigenvalue weighted by atomic mass is 16.2. The van der Waals surface area contributed by atoms with Crippen LogP contribution in [0.4, 0.5) is 0 Å². The molecule has 0 N–H and O–H groups in total. The third-order valence-corrected chi connectivity index (χ3v) is 5.75. The number of aryl methyl sites for hydroxylation is 3. The molecular formula is C22H29N3O2. The van der Waals surface area contributed by atoms with E-state index in [0.29, 0.717) is 32.6 Å². The number of piperazine rings is 1. The van der Waals surface area contributed by atoms with Crippen molar-refractivity contribution in [2.24, 2.45) is 7.05 Å².